The molecule has 27 heavy (non-hydrogen) atoms. The summed E-state index contributed by atoms with van der Waals surface area (Å²) < 4.78 is 7.84. The molecule has 0 radical (unpaired) electrons. The summed E-state index contributed by atoms with van der Waals surface area (Å²) in [5.41, 5.74) is 2.88. The maximum atomic E-state index is 12.8. The first-order valence-electron chi connectivity index (χ1n) is 9.06. The van der Waals surface area contributed by atoms with E-state index in [0.717, 1.165) is 28.4 Å². The van der Waals surface area contributed by atoms with E-state index in [-0.39, 0.29) is 18.1 Å². The SMILES string of the molecule is O=C(Cc1csc(-c2ccccc2)n1)N1CC[C@H]2OCc3cnnn3[C@H]2C1. The van der Waals surface area contributed by atoms with Crippen molar-refractivity contribution in [3.05, 3.63) is 53.3 Å². The Morgan fingerprint density at radius 3 is 3.07 bits per heavy atom. The van der Waals surface area contributed by atoms with Crippen LogP contribution in [0.5, 0.6) is 0 Å². The molecule has 8 heteroatoms. The second-order valence-corrected chi connectivity index (χ2v) is 7.76. The Balaban J connectivity index is 1.28. The van der Waals surface area contributed by atoms with Crippen molar-refractivity contribution >= 4 is 17.2 Å². The lowest BCUT2D eigenvalue weighted by Crippen LogP contribution is -2.50. The van der Waals surface area contributed by atoms with E-state index in [4.69, 9.17) is 4.74 Å². The van der Waals surface area contributed by atoms with E-state index >= 15 is 0 Å². The highest BCUT2D eigenvalue weighted by atomic mass is 32.1. The molecule has 7 nitrogen and oxygen atoms in total. The molecule has 1 fully saturated rings. The van der Waals surface area contributed by atoms with Crippen molar-refractivity contribution in [1.29, 1.82) is 0 Å². The fourth-order valence-corrected chi connectivity index (χ4v) is 4.60. The third kappa shape index (κ3) is 3.15. The van der Waals surface area contributed by atoms with Crippen LogP contribution in [0.2, 0.25) is 0 Å². The average molecular weight is 381 g/mol. The molecule has 2 atom stereocenters. The number of hydrogen-bond acceptors (Lipinski definition) is 6. The minimum Gasteiger partial charge on any atom is -0.370 e. The lowest BCUT2D eigenvalue weighted by atomic mass is 10.00. The molecule has 0 aliphatic carbocycles. The largest absolute Gasteiger partial charge is 0.370 e. The molecule has 3 aromatic rings. The lowest BCUT2D eigenvalue weighted by Gasteiger charge is -2.41. The van der Waals surface area contributed by atoms with Crippen LogP contribution in [-0.2, 0) is 22.6 Å². The van der Waals surface area contributed by atoms with Gasteiger partial charge in [-0.15, -0.1) is 16.4 Å². The van der Waals surface area contributed by atoms with Crippen LogP contribution in [0, 0.1) is 0 Å². The summed E-state index contributed by atoms with van der Waals surface area (Å²) >= 11 is 1.58. The van der Waals surface area contributed by atoms with Gasteiger partial charge < -0.3 is 9.64 Å². The molecule has 1 saturated heterocycles. The van der Waals surface area contributed by atoms with Crippen molar-refractivity contribution in [3.63, 3.8) is 0 Å². The monoisotopic (exact) mass is 381 g/mol. The second-order valence-electron chi connectivity index (χ2n) is 6.90. The van der Waals surface area contributed by atoms with Gasteiger partial charge in [-0.05, 0) is 6.42 Å². The van der Waals surface area contributed by atoms with Gasteiger partial charge in [0.25, 0.3) is 0 Å². The molecule has 2 aliphatic heterocycles. The summed E-state index contributed by atoms with van der Waals surface area (Å²) in [6.07, 6.45) is 2.98. The minimum absolute atomic E-state index is 0.0456. The van der Waals surface area contributed by atoms with Crippen LogP contribution in [0.15, 0.2) is 41.9 Å². The summed E-state index contributed by atoms with van der Waals surface area (Å²) in [5.74, 6) is 0.102. The van der Waals surface area contributed by atoms with Crippen molar-refractivity contribution in [2.45, 2.75) is 31.6 Å². The number of carbonyl (C=O) groups is 1. The molecule has 138 valence electrons. The fraction of sp³-hybridized carbons (Fsp3) is 0.368. The highest BCUT2D eigenvalue weighted by Crippen LogP contribution is 2.30. The van der Waals surface area contributed by atoms with E-state index in [1.54, 1.807) is 17.5 Å². The van der Waals surface area contributed by atoms with E-state index < -0.39 is 0 Å². The van der Waals surface area contributed by atoms with Crippen LogP contribution >= 0.6 is 11.3 Å². The Morgan fingerprint density at radius 1 is 1.30 bits per heavy atom. The van der Waals surface area contributed by atoms with Crippen LogP contribution in [0.25, 0.3) is 10.6 Å². The van der Waals surface area contributed by atoms with Crippen LogP contribution in [0.3, 0.4) is 0 Å². The molecule has 2 aliphatic rings. The molecule has 4 heterocycles. The van der Waals surface area contributed by atoms with Gasteiger partial charge in [-0.3, -0.25) is 4.79 Å². The summed E-state index contributed by atoms with van der Waals surface area (Å²) in [5, 5.41) is 11.1. The van der Waals surface area contributed by atoms with Crippen molar-refractivity contribution in [2.75, 3.05) is 13.1 Å². The molecule has 1 aromatic carbocycles. The first-order valence-corrected chi connectivity index (χ1v) is 9.94. The Labute approximate surface area is 160 Å². The normalized spacial score (nSPS) is 21.6. The van der Waals surface area contributed by atoms with Gasteiger partial charge in [-0.25, -0.2) is 9.67 Å². The van der Waals surface area contributed by atoms with E-state index in [0.29, 0.717) is 26.1 Å². The van der Waals surface area contributed by atoms with Crippen molar-refractivity contribution in [1.82, 2.24) is 24.9 Å². The summed E-state index contributed by atoms with van der Waals surface area (Å²) in [7, 11) is 0. The molecule has 2 aromatic heterocycles. The standard InChI is InChI=1S/C19H19N5O2S/c25-18(8-14-12-27-19(21-14)13-4-2-1-3-5-13)23-7-6-17-16(10-23)24-15(11-26-17)9-20-22-24/h1-5,9,12,16-17H,6-8,10-11H2/t16-,17+/m0/s1. The lowest BCUT2D eigenvalue weighted by molar-refractivity contribution is -0.137. The predicted octanol–water partition coefficient (Wildman–Crippen LogP) is 2.32. The average Bonchev–Trinajstić information content (AvgIpc) is 3.37. The first kappa shape index (κ1) is 16.6. The quantitative estimate of drug-likeness (QED) is 0.696. The van der Waals surface area contributed by atoms with Crippen molar-refractivity contribution < 1.29 is 9.53 Å². The number of piperidine rings is 1. The first-order chi connectivity index (χ1) is 13.3. The zero-order valence-corrected chi connectivity index (χ0v) is 15.5. The van der Waals surface area contributed by atoms with Gasteiger partial charge in [0.15, 0.2) is 0 Å². The number of nitrogens with zero attached hydrogens (tertiary/aromatic N) is 5. The number of amides is 1. The number of likely N-dealkylation sites (tertiary alicyclic amines) is 1. The predicted molar refractivity (Wildman–Crippen MR) is 100 cm³/mol. The number of fused-ring (bicyclic) bond motifs is 3. The maximum absolute atomic E-state index is 12.8. The zero-order chi connectivity index (χ0) is 18.2. The molecule has 0 N–H and O–H groups in total. The van der Waals surface area contributed by atoms with Gasteiger partial charge in [0.2, 0.25) is 5.91 Å². The molecule has 0 saturated carbocycles. The summed E-state index contributed by atoms with van der Waals surface area (Å²) in [6, 6.07) is 10.1. The third-order valence-electron chi connectivity index (χ3n) is 5.19. The number of aromatic nitrogens is 4. The number of ether oxygens (including phenoxy) is 1. The molecular weight excluding hydrogens is 362 g/mol. The number of thiazole rings is 1. The molecule has 0 spiro atoms. The minimum atomic E-state index is 0.0456. The Hall–Kier alpha value is -2.58. The number of hydrogen-bond donors (Lipinski definition) is 0. The number of benzene rings is 1. The smallest absolute Gasteiger partial charge is 0.228 e. The van der Waals surface area contributed by atoms with Gasteiger partial charge >= 0.3 is 0 Å². The van der Waals surface area contributed by atoms with Crippen LogP contribution in [-0.4, -0.2) is 50.0 Å². The highest BCUT2D eigenvalue weighted by Gasteiger charge is 2.37. The zero-order valence-electron chi connectivity index (χ0n) is 14.7. The van der Waals surface area contributed by atoms with Gasteiger partial charge in [0.1, 0.15) is 5.01 Å². The summed E-state index contributed by atoms with van der Waals surface area (Å²) in [4.78, 5) is 19.4. The topological polar surface area (TPSA) is 73.1 Å². The van der Waals surface area contributed by atoms with E-state index in [9.17, 15) is 4.79 Å². The van der Waals surface area contributed by atoms with Crippen LogP contribution in [0.4, 0.5) is 0 Å². The number of rotatable bonds is 3. The fourth-order valence-electron chi connectivity index (χ4n) is 3.77. The maximum Gasteiger partial charge on any atom is 0.228 e. The summed E-state index contributed by atoms with van der Waals surface area (Å²) in [6.45, 7) is 1.86. The molecule has 0 unspecified atom stereocenters. The van der Waals surface area contributed by atoms with E-state index in [1.165, 1.54) is 0 Å². The molecule has 0 bridgehead atoms. The molecule has 5 rings (SSSR count). The second kappa shape index (κ2) is 6.86. The third-order valence-corrected chi connectivity index (χ3v) is 6.13. The Bertz CT molecular complexity index is 954. The molecule has 1 amide bonds. The number of carbonyl (C=O) groups excluding carboxylic acids is 1. The van der Waals surface area contributed by atoms with Gasteiger partial charge in [-0.1, -0.05) is 35.5 Å². The van der Waals surface area contributed by atoms with E-state index in [2.05, 4.69) is 15.3 Å². The van der Waals surface area contributed by atoms with Crippen LogP contribution < -0.4 is 0 Å². The Morgan fingerprint density at radius 2 is 2.19 bits per heavy atom. The highest BCUT2D eigenvalue weighted by molar-refractivity contribution is 7.13. The van der Waals surface area contributed by atoms with Gasteiger partial charge in [0, 0.05) is 24.0 Å². The van der Waals surface area contributed by atoms with E-state index in [1.807, 2.05) is 45.3 Å². The van der Waals surface area contributed by atoms with Crippen LogP contribution in [0.1, 0.15) is 23.9 Å². The van der Waals surface area contributed by atoms with Crippen molar-refractivity contribution in [2.24, 2.45) is 0 Å². The molecular formula is C19H19N5O2S. The van der Waals surface area contributed by atoms with Crippen molar-refractivity contribution in [3.8, 4) is 10.6 Å². The Kier molecular flexibility index (Phi) is 4.21. The van der Waals surface area contributed by atoms with Gasteiger partial charge in [0.05, 0.1) is 42.8 Å². The van der Waals surface area contributed by atoms with Gasteiger partial charge in [-0.2, -0.15) is 0 Å².